The Morgan fingerprint density at radius 3 is 2.40 bits per heavy atom. The summed E-state index contributed by atoms with van der Waals surface area (Å²) in [4.78, 5) is 10.5. The molecule has 0 bridgehead atoms. The summed E-state index contributed by atoms with van der Waals surface area (Å²) in [6.07, 6.45) is -3.69. The van der Waals surface area contributed by atoms with Crippen LogP contribution in [-0.2, 0) is 11.3 Å². The summed E-state index contributed by atoms with van der Waals surface area (Å²) in [5.74, 6) is -4.28. The number of carbonyl (C=O) groups excluding carboxylic acids is 1. The predicted molar refractivity (Wildman–Crippen MR) is 63.8 cm³/mol. The van der Waals surface area contributed by atoms with Crippen LogP contribution >= 0.6 is 0 Å². The molecule has 0 aliphatic carbocycles. The number of hydrogen-bond donors (Lipinski definition) is 2. The van der Waals surface area contributed by atoms with Crippen molar-refractivity contribution in [2.75, 3.05) is 13.2 Å². The van der Waals surface area contributed by atoms with Crippen molar-refractivity contribution in [2.45, 2.75) is 18.9 Å². The van der Waals surface area contributed by atoms with Crippen LogP contribution in [0.3, 0.4) is 0 Å². The van der Waals surface area contributed by atoms with Gasteiger partial charge in [0.05, 0.1) is 6.54 Å². The fourth-order valence-electron chi connectivity index (χ4n) is 1.31. The van der Waals surface area contributed by atoms with Crippen LogP contribution in [0.15, 0.2) is 24.3 Å². The summed E-state index contributed by atoms with van der Waals surface area (Å²) >= 11 is 0. The van der Waals surface area contributed by atoms with Gasteiger partial charge in [-0.2, -0.15) is 8.78 Å². The van der Waals surface area contributed by atoms with E-state index in [0.29, 0.717) is 11.3 Å². The number of rotatable bonds is 8. The Morgan fingerprint density at radius 1 is 1.30 bits per heavy atom. The first-order valence-corrected chi connectivity index (χ1v) is 5.68. The number of nitrogens with one attached hydrogen (secondary N) is 1. The lowest BCUT2D eigenvalue weighted by Gasteiger charge is -2.15. The maximum Gasteiger partial charge on any atom is 0.319 e. The minimum atomic E-state index is -4.05. The van der Waals surface area contributed by atoms with Crippen molar-refractivity contribution in [1.82, 2.24) is 5.32 Å². The molecule has 0 aliphatic rings. The zero-order valence-corrected chi connectivity index (χ0v) is 10.4. The van der Waals surface area contributed by atoms with E-state index in [2.05, 4.69) is 5.32 Å². The zero-order chi connectivity index (χ0) is 15.2. The Hall–Kier alpha value is -1.83. The van der Waals surface area contributed by atoms with Crippen LogP contribution in [0, 0.1) is 0 Å². The number of halogens is 4. The van der Waals surface area contributed by atoms with E-state index in [4.69, 9.17) is 10.5 Å². The van der Waals surface area contributed by atoms with Crippen molar-refractivity contribution in [3.8, 4) is 5.75 Å². The summed E-state index contributed by atoms with van der Waals surface area (Å²) in [6, 6.07) is 6.16. The van der Waals surface area contributed by atoms with E-state index in [1.165, 1.54) is 12.1 Å². The maximum absolute atomic E-state index is 12.6. The van der Waals surface area contributed by atoms with E-state index in [9.17, 15) is 22.4 Å². The summed E-state index contributed by atoms with van der Waals surface area (Å²) in [5, 5.41) is 2.25. The van der Waals surface area contributed by atoms with Gasteiger partial charge in [0.15, 0.2) is 6.61 Å². The minimum absolute atomic E-state index is 0.0123. The third kappa shape index (κ3) is 5.43. The van der Waals surface area contributed by atoms with Crippen LogP contribution in [0.5, 0.6) is 5.75 Å². The number of carbonyl (C=O) groups is 1. The Morgan fingerprint density at radius 2 is 1.90 bits per heavy atom. The average Bonchev–Trinajstić information content (AvgIpc) is 2.37. The van der Waals surface area contributed by atoms with Crippen molar-refractivity contribution < 1.29 is 27.1 Å². The highest BCUT2D eigenvalue weighted by Crippen LogP contribution is 2.21. The molecule has 0 aliphatic heterocycles. The molecule has 0 atom stereocenters. The third-order valence-corrected chi connectivity index (χ3v) is 2.31. The van der Waals surface area contributed by atoms with Gasteiger partial charge in [-0.3, -0.25) is 4.79 Å². The molecule has 0 unspecified atom stereocenters. The number of alkyl halides is 4. The molecule has 1 rings (SSSR count). The highest BCUT2D eigenvalue weighted by Gasteiger charge is 2.39. The van der Waals surface area contributed by atoms with Gasteiger partial charge in [0.1, 0.15) is 5.75 Å². The molecular weight excluding hydrogens is 280 g/mol. The molecule has 4 nitrogen and oxygen atoms in total. The van der Waals surface area contributed by atoms with Gasteiger partial charge in [0, 0.05) is 6.54 Å². The predicted octanol–water partition coefficient (Wildman–Crippen LogP) is 1.54. The lowest BCUT2D eigenvalue weighted by Crippen LogP contribution is -2.38. The molecule has 0 spiro atoms. The van der Waals surface area contributed by atoms with E-state index in [-0.39, 0.29) is 13.2 Å². The van der Waals surface area contributed by atoms with E-state index in [1.807, 2.05) is 0 Å². The SMILES string of the molecule is NC(=O)COc1ccc(CNCC(F)(F)C(F)F)cc1. The van der Waals surface area contributed by atoms with E-state index < -0.39 is 24.8 Å². The quantitative estimate of drug-likeness (QED) is 0.715. The van der Waals surface area contributed by atoms with Gasteiger partial charge in [0.2, 0.25) is 0 Å². The number of nitrogens with two attached hydrogens (primary N) is 1. The van der Waals surface area contributed by atoms with Crippen molar-refractivity contribution in [3.63, 3.8) is 0 Å². The lowest BCUT2D eigenvalue weighted by atomic mass is 10.2. The van der Waals surface area contributed by atoms with Crippen molar-refractivity contribution in [2.24, 2.45) is 5.73 Å². The van der Waals surface area contributed by atoms with Crippen LogP contribution in [-0.4, -0.2) is 31.4 Å². The molecule has 0 aromatic heterocycles. The fourth-order valence-corrected chi connectivity index (χ4v) is 1.31. The second kappa shape index (κ2) is 7.09. The molecule has 0 saturated carbocycles. The molecular formula is C12H14F4N2O2. The smallest absolute Gasteiger partial charge is 0.319 e. The monoisotopic (exact) mass is 294 g/mol. The van der Waals surface area contributed by atoms with Gasteiger partial charge >= 0.3 is 12.3 Å². The topological polar surface area (TPSA) is 64.4 Å². The molecule has 0 fully saturated rings. The second-order valence-corrected chi connectivity index (χ2v) is 4.06. The van der Waals surface area contributed by atoms with Crippen molar-refractivity contribution in [1.29, 1.82) is 0 Å². The fraction of sp³-hybridized carbons (Fsp3) is 0.417. The lowest BCUT2D eigenvalue weighted by molar-refractivity contribution is -0.125. The molecule has 1 aromatic carbocycles. The minimum Gasteiger partial charge on any atom is -0.484 e. The van der Waals surface area contributed by atoms with Crippen molar-refractivity contribution >= 4 is 5.91 Å². The van der Waals surface area contributed by atoms with Crippen LogP contribution < -0.4 is 15.8 Å². The number of hydrogen-bond acceptors (Lipinski definition) is 3. The van der Waals surface area contributed by atoms with E-state index >= 15 is 0 Å². The summed E-state index contributed by atoms with van der Waals surface area (Å²) in [5.41, 5.74) is 5.51. The Kier molecular flexibility index (Phi) is 5.75. The van der Waals surface area contributed by atoms with Gasteiger partial charge in [-0.25, -0.2) is 8.78 Å². The van der Waals surface area contributed by atoms with Crippen molar-refractivity contribution in [3.05, 3.63) is 29.8 Å². The average molecular weight is 294 g/mol. The molecule has 1 amide bonds. The maximum atomic E-state index is 12.6. The van der Waals surface area contributed by atoms with Crippen LogP contribution in [0.4, 0.5) is 17.6 Å². The standard InChI is InChI=1S/C12H14F4N2O2/c13-11(14)12(15,16)7-18-5-8-1-3-9(4-2-8)20-6-10(17)19/h1-4,11,18H,5-7H2,(H2,17,19). The molecule has 0 saturated heterocycles. The largest absolute Gasteiger partial charge is 0.484 e. The number of primary amides is 1. The van der Waals surface area contributed by atoms with Gasteiger partial charge in [-0.1, -0.05) is 12.1 Å². The zero-order valence-electron chi connectivity index (χ0n) is 10.4. The molecule has 3 N–H and O–H groups in total. The number of benzene rings is 1. The molecule has 1 aromatic rings. The summed E-state index contributed by atoms with van der Waals surface area (Å²) in [7, 11) is 0. The molecule has 112 valence electrons. The van der Waals surface area contributed by atoms with E-state index in [1.54, 1.807) is 12.1 Å². The summed E-state index contributed by atoms with van der Waals surface area (Å²) in [6.45, 7) is -1.36. The molecule has 8 heteroatoms. The first-order chi connectivity index (χ1) is 9.31. The Bertz CT molecular complexity index is 438. The highest BCUT2D eigenvalue weighted by molar-refractivity contribution is 5.75. The van der Waals surface area contributed by atoms with Crippen LogP contribution in [0.25, 0.3) is 0 Å². The molecule has 0 radical (unpaired) electrons. The van der Waals surface area contributed by atoms with Gasteiger partial charge in [-0.15, -0.1) is 0 Å². The van der Waals surface area contributed by atoms with Crippen LogP contribution in [0.2, 0.25) is 0 Å². The normalized spacial score (nSPS) is 11.7. The third-order valence-electron chi connectivity index (χ3n) is 2.31. The second-order valence-electron chi connectivity index (χ2n) is 4.06. The molecule has 20 heavy (non-hydrogen) atoms. The van der Waals surface area contributed by atoms with E-state index in [0.717, 1.165) is 0 Å². The number of amides is 1. The highest BCUT2D eigenvalue weighted by atomic mass is 19.3. The molecule has 0 heterocycles. The Balaban J connectivity index is 2.40. The van der Waals surface area contributed by atoms with Crippen LogP contribution in [0.1, 0.15) is 5.56 Å². The van der Waals surface area contributed by atoms with Gasteiger partial charge in [-0.05, 0) is 17.7 Å². The number of ether oxygens (including phenoxy) is 1. The first-order valence-electron chi connectivity index (χ1n) is 5.68. The first kappa shape index (κ1) is 16.2. The summed E-state index contributed by atoms with van der Waals surface area (Å²) < 4.78 is 54.0. The van der Waals surface area contributed by atoms with Gasteiger partial charge in [0.25, 0.3) is 5.91 Å². The van der Waals surface area contributed by atoms with Gasteiger partial charge < -0.3 is 15.8 Å². The Labute approximate surface area is 112 Å².